The molecule has 2 N–H and O–H groups in total. The predicted octanol–water partition coefficient (Wildman–Crippen LogP) is 1.49. The summed E-state index contributed by atoms with van der Waals surface area (Å²) in [6.07, 6.45) is -5.08. The number of morpholine rings is 1. The standard InChI is InChI=1S/C14H22N4O2.C2HF3O2/c1-10(2)7-17-8-11-12(9-17)15-16-13(11)14(19)18-3-5-20-6-4-18;3-2(4,5)1(6)7/h10H,3-9H2,1-2H3,(H,15,16);(H,6,7). The Bertz CT molecular complexity index is 669. The van der Waals surface area contributed by atoms with Crippen molar-refractivity contribution in [3.63, 3.8) is 0 Å². The van der Waals surface area contributed by atoms with Gasteiger partial charge in [0.1, 0.15) is 0 Å². The van der Waals surface area contributed by atoms with Crippen molar-refractivity contribution in [3.8, 4) is 0 Å². The van der Waals surface area contributed by atoms with Gasteiger partial charge in [-0.1, -0.05) is 13.8 Å². The average molecular weight is 392 g/mol. The molecule has 1 aromatic rings. The van der Waals surface area contributed by atoms with E-state index in [9.17, 15) is 18.0 Å². The van der Waals surface area contributed by atoms with Crippen molar-refractivity contribution in [2.24, 2.45) is 5.92 Å². The Morgan fingerprint density at radius 3 is 2.37 bits per heavy atom. The number of carboxylic acid groups (broad SMARTS) is 1. The van der Waals surface area contributed by atoms with E-state index >= 15 is 0 Å². The predicted molar refractivity (Wildman–Crippen MR) is 88.0 cm³/mol. The van der Waals surface area contributed by atoms with E-state index in [4.69, 9.17) is 14.6 Å². The molecule has 0 atom stereocenters. The van der Waals surface area contributed by atoms with Gasteiger partial charge in [0.25, 0.3) is 5.91 Å². The zero-order valence-corrected chi connectivity index (χ0v) is 15.2. The van der Waals surface area contributed by atoms with E-state index in [1.165, 1.54) is 0 Å². The first kappa shape index (κ1) is 21.2. The van der Waals surface area contributed by atoms with Crippen LogP contribution in [0, 0.1) is 5.92 Å². The fourth-order valence-electron chi connectivity index (χ4n) is 2.94. The van der Waals surface area contributed by atoms with Gasteiger partial charge in [0, 0.05) is 38.3 Å². The van der Waals surface area contributed by atoms with Crippen LogP contribution in [0.2, 0.25) is 0 Å². The topological polar surface area (TPSA) is 98.8 Å². The number of hydrogen-bond acceptors (Lipinski definition) is 5. The summed E-state index contributed by atoms with van der Waals surface area (Å²) in [6.45, 7) is 9.75. The number of carboxylic acids is 1. The largest absolute Gasteiger partial charge is 0.490 e. The van der Waals surface area contributed by atoms with E-state index in [-0.39, 0.29) is 5.91 Å². The minimum atomic E-state index is -5.08. The summed E-state index contributed by atoms with van der Waals surface area (Å²) in [6, 6.07) is 0. The van der Waals surface area contributed by atoms with Gasteiger partial charge in [-0.2, -0.15) is 18.3 Å². The fourth-order valence-corrected chi connectivity index (χ4v) is 2.94. The van der Waals surface area contributed by atoms with Crippen LogP contribution >= 0.6 is 0 Å². The number of carbonyl (C=O) groups is 2. The van der Waals surface area contributed by atoms with Crippen molar-refractivity contribution >= 4 is 11.9 Å². The first-order valence-corrected chi connectivity index (χ1v) is 8.55. The maximum atomic E-state index is 12.5. The number of carbonyl (C=O) groups excluding carboxylic acids is 1. The molecule has 3 heterocycles. The van der Waals surface area contributed by atoms with Crippen LogP contribution in [-0.4, -0.2) is 76.0 Å². The maximum Gasteiger partial charge on any atom is 0.490 e. The number of rotatable bonds is 3. The van der Waals surface area contributed by atoms with Crippen LogP contribution in [0.3, 0.4) is 0 Å². The summed E-state index contributed by atoms with van der Waals surface area (Å²) in [5.41, 5.74) is 2.79. The summed E-state index contributed by atoms with van der Waals surface area (Å²) >= 11 is 0. The Morgan fingerprint density at radius 2 is 1.85 bits per heavy atom. The number of fused-ring (bicyclic) bond motifs is 1. The minimum absolute atomic E-state index is 0.0391. The molecule has 2 aliphatic rings. The molecular formula is C16H23F3N4O4. The molecule has 8 nitrogen and oxygen atoms in total. The normalized spacial score (nSPS) is 17.5. The number of ether oxygens (including phenoxy) is 1. The van der Waals surface area contributed by atoms with Crippen molar-refractivity contribution in [3.05, 3.63) is 17.0 Å². The van der Waals surface area contributed by atoms with E-state index in [0.29, 0.717) is 37.9 Å². The number of nitrogens with one attached hydrogen (secondary N) is 1. The summed E-state index contributed by atoms with van der Waals surface area (Å²) in [5, 5.41) is 14.4. The lowest BCUT2D eigenvalue weighted by molar-refractivity contribution is -0.192. The highest BCUT2D eigenvalue weighted by molar-refractivity contribution is 5.94. The summed E-state index contributed by atoms with van der Waals surface area (Å²) in [7, 11) is 0. The third-order valence-electron chi connectivity index (χ3n) is 4.08. The zero-order chi connectivity index (χ0) is 20.2. The Hall–Kier alpha value is -2.14. The first-order valence-electron chi connectivity index (χ1n) is 8.55. The third-order valence-corrected chi connectivity index (χ3v) is 4.08. The molecule has 0 aromatic carbocycles. The number of aliphatic carboxylic acids is 1. The first-order chi connectivity index (χ1) is 12.6. The molecular weight excluding hydrogens is 369 g/mol. The van der Waals surface area contributed by atoms with Crippen molar-refractivity contribution in [1.29, 1.82) is 0 Å². The van der Waals surface area contributed by atoms with Crippen molar-refractivity contribution in [1.82, 2.24) is 20.0 Å². The number of amides is 1. The lowest BCUT2D eigenvalue weighted by Gasteiger charge is -2.26. The molecule has 1 amide bonds. The Labute approximate surface area is 154 Å². The highest BCUT2D eigenvalue weighted by Gasteiger charge is 2.38. The van der Waals surface area contributed by atoms with E-state index in [2.05, 4.69) is 28.9 Å². The molecule has 0 aliphatic carbocycles. The fraction of sp³-hybridized carbons (Fsp3) is 0.688. The van der Waals surface area contributed by atoms with Crippen LogP contribution in [0.1, 0.15) is 35.6 Å². The monoisotopic (exact) mass is 392 g/mol. The van der Waals surface area contributed by atoms with Gasteiger partial charge in [0.15, 0.2) is 5.69 Å². The van der Waals surface area contributed by atoms with Gasteiger partial charge >= 0.3 is 12.1 Å². The molecule has 1 aromatic heterocycles. The lowest BCUT2D eigenvalue weighted by Crippen LogP contribution is -2.41. The number of halogens is 3. The highest BCUT2D eigenvalue weighted by Crippen LogP contribution is 2.25. The number of alkyl halides is 3. The van der Waals surface area contributed by atoms with Crippen LogP contribution in [0.5, 0.6) is 0 Å². The van der Waals surface area contributed by atoms with Gasteiger partial charge in [0.2, 0.25) is 0 Å². The van der Waals surface area contributed by atoms with Gasteiger partial charge in [-0.3, -0.25) is 14.8 Å². The van der Waals surface area contributed by atoms with Crippen molar-refractivity contribution in [2.75, 3.05) is 32.8 Å². The minimum Gasteiger partial charge on any atom is -0.475 e. The van der Waals surface area contributed by atoms with Gasteiger partial charge in [-0.15, -0.1) is 0 Å². The molecule has 27 heavy (non-hydrogen) atoms. The molecule has 152 valence electrons. The van der Waals surface area contributed by atoms with Crippen LogP contribution in [0.25, 0.3) is 0 Å². The van der Waals surface area contributed by atoms with Crippen LogP contribution in [-0.2, 0) is 22.6 Å². The van der Waals surface area contributed by atoms with Gasteiger partial charge in [0.05, 0.1) is 18.9 Å². The Balaban J connectivity index is 0.000000321. The average Bonchev–Trinajstić information content (AvgIpc) is 3.14. The van der Waals surface area contributed by atoms with Gasteiger partial charge in [-0.25, -0.2) is 4.79 Å². The quantitative estimate of drug-likeness (QED) is 0.809. The van der Waals surface area contributed by atoms with Crippen LogP contribution < -0.4 is 0 Å². The van der Waals surface area contributed by atoms with Gasteiger partial charge < -0.3 is 14.7 Å². The van der Waals surface area contributed by atoms with E-state index in [1.54, 1.807) is 0 Å². The second-order valence-electron chi connectivity index (χ2n) is 6.80. The maximum absolute atomic E-state index is 12.5. The molecule has 0 spiro atoms. The molecule has 11 heteroatoms. The molecule has 0 unspecified atom stereocenters. The smallest absolute Gasteiger partial charge is 0.475 e. The van der Waals surface area contributed by atoms with Crippen molar-refractivity contribution in [2.45, 2.75) is 33.1 Å². The molecule has 3 rings (SSSR count). The number of hydrogen-bond donors (Lipinski definition) is 2. The number of nitrogens with zero attached hydrogens (tertiary/aromatic N) is 3. The molecule has 1 fully saturated rings. The van der Waals surface area contributed by atoms with Crippen molar-refractivity contribution < 1.29 is 32.6 Å². The summed E-state index contributed by atoms with van der Waals surface area (Å²) < 4.78 is 37.0. The number of aromatic amines is 1. The molecule has 1 saturated heterocycles. The van der Waals surface area contributed by atoms with Gasteiger partial charge in [-0.05, 0) is 5.92 Å². The second kappa shape index (κ2) is 8.70. The third kappa shape index (κ3) is 5.67. The lowest BCUT2D eigenvalue weighted by atomic mass is 10.2. The van der Waals surface area contributed by atoms with E-state index in [1.807, 2.05) is 4.90 Å². The number of aromatic nitrogens is 2. The molecule has 0 saturated carbocycles. The Kier molecular flexibility index (Phi) is 6.82. The second-order valence-corrected chi connectivity index (χ2v) is 6.80. The Morgan fingerprint density at radius 1 is 1.26 bits per heavy atom. The molecule has 0 radical (unpaired) electrons. The summed E-state index contributed by atoms with van der Waals surface area (Å²) in [4.78, 5) is 25.6. The SMILES string of the molecule is CC(C)CN1Cc2[nH]nc(C(=O)N3CCOCC3)c2C1.O=C(O)C(F)(F)F. The van der Waals surface area contributed by atoms with E-state index in [0.717, 1.165) is 30.9 Å². The van der Waals surface area contributed by atoms with Crippen LogP contribution in [0.4, 0.5) is 13.2 Å². The number of H-pyrrole nitrogens is 1. The van der Waals surface area contributed by atoms with E-state index < -0.39 is 12.1 Å². The highest BCUT2D eigenvalue weighted by atomic mass is 19.4. The van der Waals surface area contributed by atoms with Crippen LogP contribution in [0.15, 0.2) is 0 Å². The molecule has 2 aliphatic heterocycles. The zero-order valence-electron chi connectivity index (χ0n) is 15.2. The summed E-state index contributed by atoms with van der Waals surface area (Å²) in [5.74, 6) is -2.09. The molecule has 0 bridgehead atoms.